The molecule has 0 fully saturated rings. The van der Waals surface area contributed by atoms with E-state index in [4.69, 9.17) is 0 Å². The van der Waals surface area contributed by atoms with Gasteiger partial charge in [0.05, 0.1) is 0 Å². The van der Waals surface area contributed by atoms with Crippen molar-refractivity contribution in [1.82, 2.24) is 14.8 Å². The van der Waals surface area contributed by atoms with Crippen molar-refractivity contribution in [2.45, 2.75) is 13.8 Å². The molecule has 3 nitrogen and oxygen atoms in total. The van der Waals surface area contributed by atoms with Gasteiger partial charge in [-0.15, -0.1) is 0 Å². The Morgan fingerprint density at radius 2 is 2.40 bits per heavy atom. The third-order valence-electron chi connectivity index (χ3n) is 0.818. The van der Waals surface area contributed by atoms with Gasteiger partial charge in [0.1, 0.15) is 0 Å². The summed E-state index contributed by atoms with van der Waals surface area (Å²) < 4.78 is 1.50. The van der Waals surface area contributed by atoms with Crippen molar-refractivity contribution in [1.29, 1.82) is 0 Å². The zero-order valence-electron chi connectivity index (χ0n) is 6.00. The molecule has 10 heavy (non-hydrogen) atoms. The fourth-order valence-electron chi connectivity index (χ4n) is 0.504. The van der Waals surface area contributed by atoms with E-state index < -0.39 is 0 Å². The van der Waals surface area contributed by atoms with E-state index in [1.165, 1.54) is 4.68 Å². The van der Waals surface area contributed by atoms with Gasteiger partial charge in [0, 0.05) is 44.9 Å². The summed E-state index contributed by atoms with van der Waals surface area (Å²) in [5.41, 5.74) is 0. The maximum atomic E-state index is 3.93. The summed E-state index contributed by atoms with van der Waals surface area (Å²) >= 11 is 0. The molecule has 1 aromatic heterocycles. The first-order valence-electron chi connectivity index (χ1n) is 2.64. The van der Waals surface area contributed by atoms with Crippen LogP contribution in [0.3, 0.4) is 0 Å². The van der Waals surface area contributed by atoms with E-state index in [0.717, 1.165) is 5.82 Å². The molecule has 0 aliphatic rings. The summed E-state index contributed by atoms with van der Waals surface area (Å²) in [6.45, 7) is 3.61. The second-order valence-electron chi connectivity index (χ2n) is 1.62. The Morgan fingerprint density at radius 3 is 2.80 bits per heavy atom. The molecular formula is C6H7N3Y-2. The van der Waals surface area contributed by atoms with Crippen LogP contribution in [0.4, 0.5) is 0 Å². The van der Waals surface area contributed by atoms with Gasteiger partial charge in [-0.05, 0) is 6.92 Å². The second-order valence-corrected chi connectivity index (χ2v) is 1.62. The van der Waals surface area contributed by atoms with Crippen LogP contribution in [0.2, 0.25) is 0 Å². The number of nitrogens with zero attached hydrogens (tertiary/aromatic N) is 3. The van der Waals surface area contributed by atoms with Gasteiger partial charge in [0.2, 0.25) is 0 Å². The molecule has 51 valence electrons. The van der Waals surface area contributed by atoms with Crippen LogP contribution in [0, 0.1) is 19.3 Å². The molecule has 0 aliphatic carbocycles. The summed E-state index contributed by atoms with van der Waals surface area (Å²) in [5, 5.41) is 3.93. The Hall–Kier alpha value is -0.0161. The summed E-state index contributed by atoms with van der Waals surface area (Å²) in [4.78, 5) is 3.79. The maximum Gasteiger partial charge on any atom is 0.0444 e. The second kappa shape index (κ2) is 4.75. The first-order valence-corrected chi connectivity index (χ1v) is 2.64. The molecule has 1 rings (SSSR count). The molecule has 4 heteroatoms. The Kier molecular flexibility index (Phi) is 4.74. The Morgan fingerprint density at radius 1 is 1.70 bits per heavy atom. The van der Waals surface area contributed by atoms with Crippen LogP contribution < -0.4 is 0 Å². The molecule has 0 aliphatic heterocycles. The first-order chi connectivity index (χ1) is 4.33. The monoisotopic (exact) mass is 210 g/mol. The number of allylic oxidation sites excluding steroid dienone is 1. The van der Waals surface area contributed by atoms with Crippen molar-refractivity contribution in [3.8, 4) is 0 Å². The number of aromatic nitrogens is 3. The van der Waals surface area contributed by atoms with Gasteiger partial charge < -0.3 is 15.7 Å². The van der Waals surface area contributed by atoms with E-state index >= 15 is 0 Å². The van der Waals surface area contributed by atoms with Gasteiger partial charge in [-0.1, -0.05) is 0 Å². The summed E-state index contributed by atoms with van der Waals surface area (Å²) in [6, 6.07) is 0. The fraction of sp³-hybridized carbons (Fsp3) is 0.333. The Labute approximate surface area is 85.4 Å². The van der Waals surface area contributed by atoms with Crippen molar-refractivity contribution < 1.29 is 32.7 Å². The molecule has 1 heterocycles. The van der Waals surface area contributed by atoms with Gasteiger partial charge in [0.15, 0.2) is 0 Å². The molecule has 0 saturated heterocycles. The molecule has 0 aromatic carbocycles. The van der Waals surface area contributed by atoms with Crippen molar-refractivity contribution in [3.63, 3.8) is 0 Å². The molecule has 0 N–H and O–H groups in total. The minimum absolute atomic E-state index is 0. The van der Waals surface area contributed by atoms with Crippen LogP contribution in [0.25, 0.3) is 6.20 Å². The fourth-order valence-corrected chi connectivity index (χ4v) is 0.504. The summed E-state index contributed by atoms with van der Waals surface area (Å²) in [7, 11) is 0. The quantitative estimate of drug-likeness (QED) is 0.638. The average molecular weight is 210 g/mol. The molecule has 1 radical (unpaired) electrons. The third-order valence-corrected chi connectivity index (χ3v) is 0.818. The average Bonchev–Trinajstić information content (AvgIpc) is 2.17. The van der Waals surface area contributed by atoms with Crippen LogP contribution in [0.15, 0.2) is 0 Å². The van der Waals surface area contributed by atoms with Crippen LogP contribution in [-0.2, 0) is 32.7 Å². The zero-order valence-corrected chi connectivity index (χ0v) is 8.83. The zero-order chi connectivity index (χ0) is 6.69. The largest absolute Gasteiger partial charge is 0.552 e. The van der Waals surface area contributed by atoms with Crippen molar-refractivity contribution >= 4 is 6.20 Å². The van der Waals surface area contributed by atoms with Crippen LogP contribution in [0.5, 0.6) is 0 Å². The predicted octanol–water partition coefficient (Wildman–Crippen LogP) is 0.678. The topological polar surface area (TPSA) is 30.7 Å². The minimum atomic E-state index is 0. The van der Waals surface area contributed by atoms with Crippen molar-refractivity contribution in [2.75, 3.05) is 0 Å². The van der Waals surface area contributed by atoms with Crippen molar-refractivity contribution in [2.24, 2.45) is 0 Å². The molecule has 0 spiro atoms. The summed E-state index contributed by atoms with van der Waals surface area (Å²) in [6.07, 6.45) is 7.11. The number of aryl methyl sites for hydroxylation is 1. The summed E-state index contributed by atoms with van der Waals surface area (Å²) in [5.74, 6) is 0.724. The standard InChI is InChI=1S/C6H7N3.Y/c1-3-4-9-5-7-6(2)8-9;/h4H,1-2H3;/q-2;. The first kappa shape index (κ1) is 9.98. The minimum Gasteiger partial charge on any atom is -0.552 e. The van der Waals surface area contributed by atoms with E-state index in [1.54, 1.807) is 13.1 Å². The van der Waals surface area contributed by atoms with Crippen LogP contribution in [-0.4, -0.2) is 14.8 Å². The van der Waals surface area contributed by atoms with E-state index in [2.05, 4.69) is 22.5 Å². The molecule has 0 atom stereocenters. The SMILES string of the molecule is C[C-]=Cn1[c-]nc(C)n1.[Y]. The van der Waals surface area contributed by atoms with E-state index in [1.807, 2.05) is 6.92 Å². The van der Waals surface area contributed by atoms with Gasteiger partial charge >= 0.3 is 0 Å². The maximum absolute atomic E-state index is 3.93. The number of hydrogen-bond acceptors (Lipinski definition) is 2. The molecule has 0 amide bonds. The normalized spacial score (nSPS) is 9.80. The Bertz CT molecular complexity index is 217. The molecule has 0 unspecified atom stereocenters. The van der Waals surface area contributed by atoms with Crippen LogP contribution in [0.1, 0.15) is 12.7 Å². The molecule has 0 bridgehead atoms. The predicted molar refractivity (Wildman–Crippen MR) is 33.3 cm³/mol. The van der Waals surface area contributed by atoms with Gasteiger partial charge in [-0.2, -0.15) is 0 Å². The molecule has 1 aromatic rings. The third kappa shape index (κ3) is 2.71. The van der Waals surface area contributed by atoms with Crippen LogP contribution >= 0.6 is 0 Å². The molecule has 0 saturated carbocycles. The van der Waals surface area contributed by atoms with Gasteiger partial charge in [0.25, 0.3) is 0 Å². The van der Waals surface area contributed by atoms with Gasteiger partial charge in [-0.25, -0.2) is 12.0 Å². The number of rotatable bonds is 1. The molecular weight excluding hydrogens is 203 g/mol. The number of hydrogen-bond donors (Lipinski definition) is 0. The van der Waals surface area contributed by atoms with E-state index in [9.17, 15) is 0 Å². The van der Waals surface area contributed by atoms with Crippen molar-refractivity contribution in [3.05, 3.63) is 18.2 Å². The van der Waals surface area contributed by atoms with E-state index in [0.29, 0.717) is 0 Å². The smallest absolute Gasteiger partial charge is 0.0444 e. The van der Waals surface area contributed by atoms with Gasteiger partial charge in [-0.3, -0.25) is 6.20 Å². The Balaban J connectivity index is 0.000000810. The van der Waals surface area contributed by atoms with E-state index in [-0.39, 0.29) is 32.7 Å².